The summed E-state index contributed by atoms with van der Waals surface area (Å²) in [6.07, 6.45) is 0.248. The third kappa shape index (κ3) is 6.35. The zero-order chi connectivity index (χ0) is 29.0. The van der Waals surface area contributed by atoms with Gasteiger partial charge < -0.3 is 19.2 Å². The molecule has 0 bridgehead atoms. The molecule has 6 heteroatoms. The zero-order valence-corrected chi connectivity index (χ0v) is 25.8. The lowest BCUT2D eigenvalue weighted by atomic mass is 9.83. The van der Waals surface area contributed by atoms with Crippen molar-refractivity contribution >= 4 is 24.8 Å². The Labute approximate surface area is 241 Å². The SMILES string of the molecule is CC(C)(C)OC(=O)N1C[C@@H](c2ccccc2)[C@H](CCO)[C@H]1CO[Si](c1ccccc1)(c1ccccc1)C(C)(C)C. The first-order chi connectivity index (χ1) is 19.0. The lowest BCUT2D eigenvalue weighted by Crippen LogP contribution is -2.67. The van der Waals surface area contributed by atoms with E-state index in [1.807, 2.05) is 56.0 Å². The molecular formula is C34H45NO4Si. The van der Waals surface area contributed by atoms with Crippen LogP contribution in [0.4, 0.5) is 4.79 Å². The highest BCUT2D eigenvalue weighted by molar-refractivity contribution is 6.99. The van der Waals surface area contributed by atoms with Gasteiger partial charge in [0.1, 0.15) is 5.60 Å². The predicted molar refractivity (Wildman–Crippen MR) is 165 cm³/mol. The minimum Gasteiger partial charge on any atom is -0.444 e. The van der Waals surface area contributed by atoms with E-state index in [0.29, 0.717) is 19.6 Å². The summed E-state index contributed by atoms with van der Waals surface area (Å²) < 4.78 is 13.2. The van der Waals surface area contributed by atoms with Gasteiger partial charge in [-0.2, -0.15) is 0 Å². The van der Waals surface area contributed by atoms with Crippen LogP contribution in [0.1, 0.15) is 59.4 Å². The van der Waals surface area contributed by atoms with E-state index in [-0.39, 0.29) is 35.6 Å². The van der Waals surface area contributed by atoms with Crippen molar-refractivity contribution in [2.24, 2.45) is 5.92 Å². The number of carbonyl (C=O) groups excluding carboxylic acids is 1. The van der Waals surface area contributed by atoms with Gasteiger partial charge in [0.2, 0.25) is 0 Å². The predicted octanol–water partition coefficient (Wildman–Crippen LogP) is 5.96. The van der Waals surface area contributed by atoms with Gasteiger partial charge in [0.15, 0.2) is 0 Å². The van der Waals surface area contributed by atoms with E-state index in [0.717, 1.165) is 0 Å². The fourth-order valence-electron chi connectivity index (χ4n) is 6.29. The van der Waals surface area contributed by atoms with Crippen molar-refractivity contribution in [3.63, 3.8) is 0 Å². The molecular weight excluding hydrogens is 514 g/mol. The monoisotopic (exact) mass is 559 g/mol. The van der Waals surface area contributed by atoms with Crippen LogP contribution in [0.25, 0.3) is 0 Å². The number of hydrogen-bond acceptors (Lipinski definition) is 4. The van der Waals surface area contributed by atoms with E-state index in [1.165, 1.54) is 15.9 Å². The Hall–Kier alpha value is -2.93. The van der Waals surface area contributed by atoms with Gasteiger partial charge in [-0.3, -0.25) is 0 Å². The van der Waals surface area contributed by atoms with Crippen molar-refractivity contribution in [3.8, 4) is 0 Å². The van der Waals surface area contributed by atoms with Crippen LogP contribution in [-0.2, 0) is 9.16 Å². The van der Waals surface area contributed by atoms with Crippen LogP contribution in [0.15, 0.2) is 91.0 Å². The first-order valence-corrected chi connectivity index (χ1v) is 16.3. The molecule has 0 spiro atoms. The summed E-state index contributed by atoms with van der Waals surface area (Å²) in [5.41, 5.74) is 0.556. The summed E-state index contributed by atoms with van der Waals surface area (Å²) in [4.78, 5) is 15.5. The highest BCUT2D eigenvalue weighted by Crippen LogP contribution is 2.42. The lowest BCUT2D eigenvalue weighted by molar-refractivity contribution is 0.0147. The Morgan fingerprint density at radius 3 is 1.80 bits per heavy atom. The summed E-state index contributed by atoms with van der Waals surface area (Å²) in [5, 5.41) is 12.4. The van der Waals surface area contributed by atoms with E-state index in [4.69, 9.17) is 9.16 Å². The number of nitrogens with zero attached hydrogens (tertiary/aromatic N) is 1. The minimum absolute atomic E-state index is 0.0260. The molecule has 1 amide bonds. The standard InChI is InChI=1S/C34H45NO4Si/c1-33(2,3)39-32(37)35-24-30(26-16-10-7-11-17-26)29(22-23-36)31(35)25-38-40(34(4,5)6,27-18-12-8-13-19-27)28-20-14-9-15-21-28/h7-21,29-31,36H,22-25H2,1-6H3/t29-,30-,31+/m0/s1. The summed E-state index contributed by atoms with van der Waals surface area (Å²) in [7, 11) is -2.82. The first kappa shape index (κ1) is 30.0. The second kappa shape index (κ2) is 12.3. The van der Waals surface area contributed by atoms with E-state index in [1.54, 1.807) is 0 Å². The fraction of sp³-hybridized carbons (Fsp3) is 0.441. The number of hydrogen-bond donors (Lipinski definition) is 1. The third-order valence-electron chi connectivity index (χ3n) is 8.01. The largest absolute Gasteiger partial charge is 0.444 e. The first-order valence-electron chi connectivity index (χ1n) is 14.4. The molecule has 0 radical (unpaired) electrons. The number of carbonyl (C=O) groups is 1. The van der Waals surface area contributed by atoms with Crippen molar-refractivity contribution in [3.05, 3.63) is 96.6 Å². The lowest BCUT2D eigenvalue weighted by Gasteiger charge is -2.44. The van der Waals surface area contributed by atoms with Crippen LogP contribution in [0.3, 0.4) is 0 Å². The van der Waals surface area contributed by atoms with Crippen molar-refractivity contribution in [1.29, 1.82) is 0 Å². The molecule has 5 nitrogen and oxygen atoms in total. The summed E-state index contributed by atoms with van der Waals surface area (Å²) in [6, 6.07) is 31.2. The average Bonchev–Trinajstić information content (AvgIpc) is 3.28. The molecule has 3 aromatic carbocycles. The molecule has 1 aliphatic rings. The van der Waals surface area contributed by atoms with Crippen molar-refractivity contribution in [2.45, 2.75) is 70.6 Å². The molecule has 3 atom stereocenters. The third-order valence-corrected chi connectivity index (χ3v) is 13.0. The highest BCUT2D eigenvalue weighted by atomic mass is 28.4. The number of ether oxygens (including phenoxy) is 1. The molecule has 3 aromatic rings. The van der Waals surface area contributed by atoms with Gasteiger partial charge in [-0.15, -0.1) is 0 Å². The number of amides is 1. The van der Waals surface area contributed by atoms with E-state index >= 15 is 0 Å². The van der Waals surface area contributed by atoms with E-state index in [2.05, 4.69) is 81.4 Å². The Bertz CT molecular complexity index is 1180. The fourth-order valence-corrected chi connectivity index (χ4v) is 10.9. The number of likely N-dealkylation sites (tertiary alicyclic amines) is 1. The van der Waals surface area contributed by atoms with Gasteiger partial charge in [-0.1, -0.05) is 112 Å². The van der Waals surface area contributed by atoms with Gasteiger partial charge in [0.25, 0.3) is 8.32 Å². The van der Waals surface area contributed by atoms with Crippen molar-refractivity contribution in [2.75, 3.05) is 19.8 Å². The summed E-state index contributed by atoms with van der Waals surface area (Å²) in [6.45, 7) is 13.4. The zero-order valence-electron chi connectivity index (χ0n) is 24.8. The molecule has 0 aliphatic carbocycles. The van der Waals surface area contributed by atoms with Gasteiger partial charge >= 0.3 is 6.09 Å². The normalized spacial score (nSPS) is 20.0. The quantitative estimate of drug-likeness (QED) is 0.346. The highest BCUT2D eigenvalue weighted by Gasteiger charge is 2.52. The topological polar surface area (TPSA) is 59.0 Å². The van der Waals surface area contributed by atoms with Crippen LogP contribution in [-0.4, -0.2) is 55.8 Å². The Morgan fingerprint density at radius 1 is 0.850 bits per heavy atom. The molecule has 40 heavy (non-hydrogen) atoms. The van der Waals surface area contributed by atoms with Gasteiger partial charge in [0.05, 0.1) is 12.6 Å². The maximum Gasteiger partial charge on any atom is 0.410 e. The van der Waals surface area contributed by atoms with Crippen LogP contribution in [0.2, 0.25) is 5.04 Å². The van der Waals surface area contributed by atoms with E-state index < -0.39 is 13.9 Å². The Kier molecular flexibility index (Phi) is 9.23. The molecule has 1 N–H and O–H groups in total. The maximum absolute atomic E-state index is 13.7. The summed E-state index contributed by atoms with van der Waals surface area (Å²) >= 11 is 0. The molecule has 0 unspecified atom stereocenters. The molecule has 0 aromatic heterocycles. The van der Waals surface area contributed by atoms with Crippen LogP contribution in [0, 0.1) is 5.92 Å². The smallest absolute Gasteiger partial charge is 0.410 e. The average molecular weight is 560 g/mol. The summed E-state index contributed by atoms with van der Waals surface area (Å²) in [5.74, 6) is 0.103. The second-order valence-corrected chi connectivity index (χ2v) is 17.2. The molecule has 1 heterocycles. The van der Waals surface area contributed by atoms with Crippen LogP contribution >= 0.6 is 0 Å². The minimum atomic E-state index is -2.82. The molecule has 1 aliphatic heterocycles. The molecule has 4 rings (SSSR count). The molecule has 1 fully saturated rings. The number of aliphatic hydroxyl groups excluding tert-OH is 1. The number of aliphatic hydroxyl groups is 1. The molecule has 1 saturated heterocycles. The van der Waals surface area contributed by atoms with E-state index in [9.17, 15) is 9.90 Å². The van der Waals surface area contributed by atoms with Gasteiger partial charge in [-0.25, -0.2) is 4.79 Å². The van der Waals surface area contributed by atoms with Gasteiger partial charge in [0, 0.05) is 19.1 Å². The number of benzene rings is 3. The van der Waals surface area contributed by atoms with Crippen molar-refractivity contribution in [1.82, 2.24) is 4.90 Å². The Morgan fingerprint density at radius 2 is 1.35 bits per heavy atom. The second-order valence-electron chi connectivity index (χ2n) is 12.9. The number of rotatable bonds is 8. The maximum atomic E-state index is 13.7. The molecule has 0 saturated carbocycles. The van der Waals surface area contributed by atoms with Crippen LogP contribution in [0.5, 0.6) is 0 Å². The van der Waals surface area contributed by atoms with Crippen LogP contribution < -0.4 is 10.4 Å². The molecule has 214 valence electrons. The van der Waals surface area contributed by atoms with Crippen molar-refractivity contribution < 1.29 is 19.1 Å². The van der Waals surface area contributed by atoms with Gasteiger partial charge in [-0.05, 0) is 54.1 Å². The Balaban J connectivity index is 1.79.